The number of halogens is 1. The number of nitrogens with zero attached hydrogens (tertiary/aromatic N) is 1. The van der Waals surface area contributed by atoms with E-state index in [4.69, 9.17) is 11.6 Å². The third kappa shape index (κ3) is 3.16. The molecule has 2 amide bonds. The standard InChI is InChI=1S/C26H19ClN2O2/c1-15-9-12-23(16(2)13-15)29-25(30)20-8-4-7-19-22(11-10-21(24(19)20)26(29)31)28-18-6-3-5-17(27)14-18/h3-14,28H,1-2H3. The first-order chi connectivity index (χ1) is 14.9. The zero-order valence-electron chi connectivity index (χ0n) is 17.1. The maximum atomic E-state index is 13.4. The van der Waals surface area contributed by atoms with Crippen molar-refractivity contribution in [2.24, 2.45) is 0 Å². The smallest absolute Gasteiger partial charge is 0.265 e. The zero-order valence-corrected chi connectivity index (χ0v) is 17.8. The number of hydrogen-bond donors (Lipinski definition) is 1. The maximum absolute atomic E-state index is 13.4. The Bertz CT molecular complexity index is 1370. The van der Waals surface area contributed by atoms with Gasteiger partial charge in [-0.2, -0.15) is 0 Å². The second-order valence-electron chi connectivity index (χ2n) is 7.76. The van der Waals surface area contributed by atoms with E-state index in [0.29, 0.717) is 27.2 Å². The second kappa shape index (κ2) is 7.25. The molecule has 5 heteroatoms. The molecule has 0 radical (unpaired) electrons. The Morgan fingerprint density at radius 1 is 0.806 bits per heavy atom. The first kappa shape index (κ1) is 19.3. The van der Waals surface area contributed by atoms with Crippen molar-refractivity contribution < 1.29 is 9.59 Å². The van der Waals surface area contributed by atoms with Gasteiger partial charge in [0.25, 0.3) is 11.8 Å². The lowest BCUT2D eigenvalue weighted by Gasteiger charge is -2.29. The van der Waals surface area contributed by atoms with Gasteiger partial charge in [-0.3, -0.25) is 9.59 Å². The average Bonchev–Trinajstić information content (AvgIpc) is 2.74. The lowest BCUT2D eigenvalue weighted by Crippen LogP contribution is -2.40. The van der Waals surface area contributed by atoms with Gasteiger partial charge in [-0.05, 0) is 61.9 Å². The van der Waals surface area contributed by atoms with Crippen LogP contribution in [-0.2, 0) is 0 Å². The van der Waals surface area contributed by atoms with Gasteiger partial charge >= 0.3 is 0 Å². The largest absolute Gasteiger partial charge is 0.355 e. The summed E-state index contributed by atoms with van der Waals surface area (Å²) in [6.45, 7) is 3.90. The van der Waals surface area contributed by atoms with Gasteiger partial charge in [0, 0.05) is 38.3 Å². The Labute approximate surface area is 185 Å². The van der Waals surface area contributed by atoms with Gasteiger partial charge in [0.2, 0.25) is 0 Å². The van der Waals surface area contributed by atoms with E-state index in [1.165, 1.54) is 4.90 Å². The summed E-state index contributed by atoms with van der Waals surface area (Å²) in [4.78, 5) is 28.2. The van der Waals surface area contributed by atoms with Crippen LogP contribution in [-0.4, -0.2) is 11.8 Å². The molecule has 1 aliphatic heterocycles. The third-order valence-corrected chi connectivity index (χ3v) is 5.84. The van der Waals surface area contributed by atoms with Crippen LogP contribution in [0.4, 0.5) is 17.1 Å². The molecule has 4 nitrogen and oxygen atoms in total. The molecule has 1 heterocycles. The number of hydrogen-bond acceptors (Lipinski definition) is 3. The molecule has 0 atom stereocenters. The predicted molar refractivity (Wildman–Crippen MR) is 126 cm³/mol. The summed E-state index contributed by atoms with van der Waals surface area (Å²) in [6.07, 6.45) is 0. The minimum Gasteiger partial charge on any atom is -0.355 e. The monoisotopic (exact) mass is 426 g/mol. The minimum atomic E-state index is -0.310. The summed E-state index contributed by atoms with van der Waals surface area (Å²) < 4.78 is 0. The fraction of sp³-hybridized carbons (Fsp3) is 0.0769. The number of amides is 2. The quantitative estimate of drug-likeness (QED) is 0.373. The molecule has 4 aromatic rings. The van der Waals surface area contributed by atoms with Crippen molar-refractivity contribution in [3.8, 4) is 0 Å². The van der Waals surface area contributed by atoms with Crippen LogP contribution in [0, 0.1) is 13.8 Å². The molecule has 0 aromatic heterocycles. The molecule has 0 aliphatic carbocycles. The molecule has 5 rings (SSSR count). The highest BCUT2D eigenvalue weighted by molar-refractivity contribution is 6.36. The molecule has 0 bridgehead atoms. The van der Waals surface area contributed by atoms with E-state index in [9.17, 15) is 9.59 Å². The number of carbonyl (C=O) groups excluding carboxylic acids is 2. The fourth-order valence-corrected chi connectivity index (χ4v) is 4.39. The molecular formula is C26H19ClN2O2. The van der Waals surface area contributed by atoms with E-state index in [1.54, 1.807) is 12.1 Å². The topological polar surface area (TPSA) is 49.4 Å². The van der Waals surface area contributed by atoms with Gasteiger partial charge in [-0.25, -0.2) is 4.90 Å². The first-order valence-electron chi connectivity index (χ1n) is 9.98. The number of imide groups is 1. The molecule has 152 valence electrons. The normalized spacial score (nSPS) is 13.1. The lowest BCUT2D eigenvalue weighted by atomic mass is 9.92. The summed E-state index contributed by atoms with van der Waals surface area (Å²) in [5.41, 5.74) is 5.25. The van der Waals surface area contributed by atoms with E-state index in [1.807, 2.05) is 74.5 Å². The molecule has 0 saturated carbocycles. The number of aryl methyl sites for hydroxylation is 2. The molecule has 1 N–H and O–H groups in total. The molecule has 0 fully saturated rings. The van der Waals surface area contributed by atoms with Gasteiger partial charge in [-0.15, -0.1) is 0 Å². The van der Waals surface area contributed by atoms with E-state index in [2.05, 4.69) is 5.32 Å². The molecule has 1 aliphatic rings. The van der Waals surface area contributed by atoms with Crippen molar-refractivity contribution in [3.63, 3.8) is 0 Å². The summed E-state index contributed by atoms with van der Waals surface area (Å²) in [5.74, 6) is -0.620. The first-order valence-corrected chi connectivity index (χ1v) is 10.4. The maximum Gasteiger partial charge on any atom is 0.265 e. The molecule has 0 saturated heterocycles. The number of benzene rings is 4. The van der Waals surface area contributed by atoms with Crippen LogP contribution in [0.3, 0.4) is 0 Å². The zero-order chi connectivity index (χ0) is 21.7. The van der Waals surface area contributed by atoms with Gasteiger partial charge in [0.15, 0.2) is 0 Å². The van der Waals surface area contributed by atoms with E-state index >= 15 is 0 Å². The van der Waals surface area contributed by atoms with Crippen LogP contribution >= 0.6 is 11.6 Å². The number of rotatable bonds is 3. The highest BCUT2D eigenvalue weighted by atomic mass is 35.5. The second-order valence-corrected chi connectivity index (χ2v) is 8.20. The van der Waals surface area contributed by atoms with Gasteiger partial charge in [0.05, 0.1) is 5.69 Å². The van der Waals surface area contributed by atoms with Crippen molar-refractivity contribution in [1.29, 1.82) is 0 Å². The Balaban J connectivity index is 1.66. The Morgan fingerprint density at radius 3 is 2.29 bits per heavy atom. The van der Waals surface area contributed by atoms with E-state index < -0.39 is 0 Å². The van der Waals surface area contributed by atoms with Crippen molar-refractivity contribution in [2.45, 2.75) is 13.8 Å². The van der Waals surface area contributed by atoms with Crippen molar-refractivity contribution >= 4 is 51.2 Å². The van der Waals surface area contributed by atoms with Crippen molar-refractivity contribution in [2.75, 3.05) is 10.2 Å². The summed E-state index contributed by atoms with van der Waals surface area (Å²) in [6, 6.07) is 22.3. The molecule has 4 aromatic carbocycles. The fourth-order valence-electron chi connectivity index (χ4n) is 4.20. The third-order valence-electron chi connectivity index (χ3n) is 5.60. The number of nitrogens with one attached hydrogen (secondary N) is 1. The van der Waals surface area contributed by atoms with Crippen molar-refractivity contribution in [1.82, 2.24) is 0 Å². The van der Waals surface area contributed by atoms with Gasteiger partial charge < -0.3 is 5.32 Å². The predicted octanol–water partition coefficient (Wildman–Crippen LogP) is 6.65. The summed E-state index contributed by atoms with van der Waals surface area (Å²) in [7, 11) is 0. The Morgan fingerprint density at radius 2 is 1.55 bits per heavy atom. The summed E-state index contributed by atoms with van der Waals surface area (Å²) >= 11 is 6.11. The molecule has 0 unspecified atom stereocenters. The SMILES string of the molecule is Cc1ccc(N2C(=O)c3cccc4c(Nc5cccc(Cl)c5)ccc(c34)C2=O)c(C)c1. The average molecular weight is 427 g/mol. The van der Waals surface area contributed by atoms with E-state index in [-0.39, 0.29) is 11.8 Å². The van der Waals surface area contributed by atoms with Crippen LogP contribution in [0.25, 0.3) is 10.8 Å². The highest BCUT2D eigenvalue weighted by Gasteiger charge is 2.35. The minimum absolute atomic E-state index is 0.310. The van der Waals surface area contributed by atoms with Crippen LogP contribution in [0.5, 0.6) is 0 Å². The van der Waals surface area contributed by atoms with Crippen LogP contribution in [0.15, 0.2) is 72.8 Å². The summed E-state index contributed by atoms with van der Waals surface area (Å²) in [5, 5.41) is 5.47. The Hall–Kier alpha value is -3.63. The van der Waals surface area contributed by atoms with Crippen LogP contribution in [0.2, 0.25) is 5.02 Å². The van der Waals surface area contributed by atoms with Gasteiger partial charge in [-0.1, -0.05) is 47.5 Å². The van der Waals surface area contributed by atoms with Crippen LogP contribution in [0.1, 0.15) is 31.8 Å². The highest BCUT2D eigenvalue weighted by Crippen LogP contribution is 2.38. The van der Waals surface area contributed by atoms with Gasteiger partial charge in [0.1, 0.15) is 0 Å². The van der Waals surface area contributed by atoms with Crippen molar-refractivity contribution in [3.05, 3.63) is 100 Å². The Kier molecular flexibility index (Phi) is 4.53. The van der Waals surface area contributed by atoms with Crippen LogP contribution < -0.4 is 10.2 Å². The number of carbonyl (C=O) groups is 2. The lowest BCUT2D eigenvalue weighted by molar-refractivity contribution is 0.0893. The van der Waals surface area contributed by atoms with E-state index in [0.717, 1.165) is 27.9 Å². The molecule has 31 heavy (non-hydrogen) atoms. The molecular weight excluding hydrogens is 408 g/mol. The molecule has 0 spiro atoms. The number of anilines is 3.